The van der Waals surface area contributed by atoms with Crippen LogP contribution in [0.4, 0.5) is 0 Å². The first kappa shape index (κ1) is 27.8. The van der Waals surface area contributed by atoms with Crippen molar-refractivity contribution in [3.63, 3.8) is 0 Å². The predicted octanol–water partition coefficient (Wildman–Crippen LogP) is 8.96. The fraction of sp³-hybridized carbons (Fsp3) is 0.471. The van der Waals surface area contributed by atoms with Crippen molar-refractivity contribution < 1.29 is 10.2 Å². The molecule has 3 aromatic carbocycles. The molecule has 2 N–H and O–H groups in total. The highest BCUT2D eigenvalue weighted by Gasteiger charge is 2.34. The van der Waals surface area contributed by atoms with Gasteiger partial charge in [0.2, 0.25) is 0 Å². The molecule has 3 aromatic rings. The summed E-state index contributed by atoms with van der Waals surface area (Å²) in [7, 11) is 0. The van der Waals surface area contributed by atoms with Gasteiger partial charge in [0.15, 0.2) is 0 Å². The fourth-order valence-corrected chi connectivity index (χ4v) is 5.26. The highest BCUT2D eigenvalue weighted by molar-refractivity contribution is 5.56. The second kappa shape index (κ2) is 8.98. The zero-order valence-electron chi connectivity index (χ0n) is 24.5. The third-order valence-electron chi connectivity index (χ3n) is 7.78. The van der Waals surface area contributed by atoms with E-state index in [-0.39, 0.29) is 10.8 Å². The Kier molecular flexibility index (Phi) is 6.94. The average Bonchev–Trinajstić information content (AvgIpc) is 2.74. The van der Waals surface area contributed by atoms with Gasteiger partial charge in [0.1, 0.15) is 11.5 Å². The lowest BCUT2D eigenvalue weighted by atomic mass is 9.70. The number of hydrogen-bond donors (Lipinski definition) is 2. The minimum atomic E-state index is -0.409. The van der Waals surface area contributed by atoms with Crippen LogP contribution in [0, 0.1) is 13.8 Å². The average molecular weight is 487 g/mol. The first-order valence-electron chi connectivity index (χ1n) is 13.1. The molecule has 0 bridgehead atoms. The summed E-state index contributed by atoms with van der Waals surface area (Å²) in [5, 5.41) is 22.8. The minimum Gasteiger partial charge on any atom is -0.507 e. The van der Waals surface area contributed by atoms with Crippen molar-refractivity contribution >= 4 is 0 Å². The molecule has 2 heteroatoms. The molecule has 36 heavy (non-hydrogen) atoms. The molecule has 0 aliphatic carbocycles. The predicted molar refractivity (Wildman–Crippen MR) is 154 cm³/mol. The largest absolute Gasteiger partial charge is 0.507 e. The lowest BCUT2D eigenvalue weighted by Gasteiger charge is -2.34. The Morgan fingerprint density at radius 3 is 1.08 bits per heavy atom. The van der Waals surface area contributed by atoms with E-state index in [2.05, 4.69) is 132 Å². The van der Waals surface area contributed by atoms with Crippen molar-refractivity contribution in [2.45, 2.75) is 105 Å². The standard InChI is InChI=1S/C34H46O2/c1-21-16-25(31(3,4)5)29(35)27(18-21)33(9,10)23-14-13-15-24(20-23)34(11,12)28-19-22(2)17-26(30(28)36)32(6,7)8/h13-20,35-36H,1-12H3. The maximum absolute atomic E-state index is 11.4. The lowest BCUT2D eigenvalue weighted by Crippen LogP contribution is -2.25. The third kappa shape index (κ3) is 5.05. The molecule has 0 amide bonds. The molecule has 0 aliphatic heterocycles. The molecule has 0 aromatic heterocycles. The number of rotatable bonds is 4. The van der Waals surface area contributed by atoms with Crippen molar-refractivity contribution in [1.29, 1.82) is 0 Å². The van der Waals surface area contributed by atoms with Crippen molar-refractivity contribution in [2.75, 3.05) is 0 Å². The van der Waals surface area contributed by atoms with E-state index in [1.807, 2.05) is 0 Å². The second-order valence-electron chi connectivity index (χ2n) is 13.7. The number of benzene rings is 3. The van der Waals surface area contributed by atoms with Gasteiger partial charge in [-0.05, 0) is 46.9 Å². The second-order valence-corrected chi connectivity index (χ2v) is 13.7. The summed E-state index contributed by atoms with van der Waals surface area (Å²) in [6.07, 6.45) is 0. The Hall–Kier alpha value is -2.74. The van der Waals surface area contributed by atoms with Gasteiger partial charge in [0.25, 0.3) is 0 Å². The maximum Gasteiger partial charge on any atom is 0.123 e. The van der Waals surface area contributed by atoms with Gasteiger partial charge in [-0.3, -0.25) is 0 Å². The normalized spacial score (nSPS) is 13.2. The maximum atomic E-state index is 11.4. The topological polar surface area (TPSA) is 40.5 Å². The Morgan fingerprint density at radius 1 is 0.472 bits per heavy atom. The number of aromatic hydroxyl groups is 2. The third-order valence-corrected chi connectivity index (χ3v) is 7.78. The van der Waals surface area contributed by atoms with Gasteiger partial charge in [-0.15, -0.1) is 0 Å². The first-order chi connectivity index (χ1) is 16.3. The van der Waals surface area contributed by atoms with Crippen molar-refractivity contribution in [2.24, 2.45) is 0 Å². The molecule has 3 rings (SSSR count). The summed E-state index contributed by atoms with van der Waals surface area (Å²) in [6.45, 7) is 25.8. The molecule has 0 heterocycles. The van der Waals surface area contributed by atoms with E-state index in [9.17, 15) is 10.2 Å². The molecule has 0 unspecified atom stereocenters. The molecule has 0 spiro atoms. The Morgan fingerprint density at radius 2 is 0.778 bits per heavy atom. The monoisotopic (exact) mass is 486 g/mol. The van der Waals surface area contributed by atoms with Crippen molar-refractivity contribution in [3.05, 3.63) is 93.0 Å². The summed E-state index contributed by atoms with van der Waals surface area (Å²) < 4.78 is 0. The van der Waals surface area contributed by atoms with E-state index in [4.69, 9.17) is 0 Å². The van der Waals surface area contributed by atoms with Crippen LogP contribution in [-0.2, 0) is 21.7 Å². The van der Waals surface area contributed by atoms with Crippen LogP contribution in [0.15, 0.2) is 48.5 Å². The number of aryl methyl sites for hydroxylation is 2. The van der Waals surface area contributed by atoms with Gasteiger partial charge in [0, 0.05) is 22.0 Å². The van der Waals surface area contributed by atoms with E-state index in [0.29, 0.717) is 11.5 Å². The zero-order valence-corrected chi connectivity index (χ0v) is 24.5. The molecule has 194 valence electrons. The van der Waals surface area contributed by atoms with E-state index in [0.717, 1.165) is 44.5 Å². The van der Waals surface area contributed by atoms with E-state index in [1.165, 1.54) is 0 Å². The van der Waals surface area contributed by atoms with Crippen LogP contribution in [0.1, 0.15) is 114 Å². The fourth-order valence-electron chi connectivity index (χ4n) is 5.26. The lowest BCUT2D eigenvalue weighted by molar-refractivity contribution is 0.427. The summed E-state index contributed by atoms with van der Waals surface area (Å²) in [4.78, 5) is 0. The molecular weight excluding hydrogens is 440 g/mol. The van der Waals surface area contributed by atoms with Crippen LogP contribution in [0.2, 0.25) is 0 Å². The van der Waals surface area contributed by atoms with Crippen LogP contribution in [0.25, 0.3) is 0 Å². The van der Waals surface area contributed by atoms with Gasteiger partial charge in [-0.2, -0.15) is 0 Å². The zero-order chi connectivity index (χ0) is 27.4. The van der Waals surface area contributed by atoms with Gasteiger partial charge in [0.05, 0.1) is 0 Å². The van der Waals surface area contributed by atoms with Crippen LogP contribution >= 0.6 is 0 Å². The molecule has 0 aliphatic rings. The van der Waals surface area contributed by atoms with Crippen molar-refractivity contribution in [1.82, 2.24) is 0 Å². The molecule has 0 radical (unpaired) electrons. The molecule has 0 fully saturated rings. The Bertz CT molecular complexity index is 1180. The van der Waals surface area contributed by atoms with Crippen LogP contribution in [0.5, 0.6) is 11.5 Å². The molecule has 0 saturated carbocycles. The minimum absolute atomic E-state index is 0.155. The molecular formula is C34H46O2. The van der Waals surface area contributed by atoms with Gasteiger partial charge in [-0.25, -0.2) is 0 Å². The number of phenolic OH excluding ortho intramolecular Hbond substituents is 2. The van der Waals surface area contributed by atoms with E-state index < -0.39 is 10.8 Å². The molecule has 0 atom stereocenters. The quantitative estimate of drug-likeness (QED) is 0.386. The summed E-state index contributed by atoms with van der Waals surface area (Å²) >= 11 is 0. The van der Waals surface area contributed by atoms with Crippen LogP contribution in [-0.4, -0.2) is 10.2 Å². The molecule has 2 nitrogen and oxygen atoms in total. The Balaban J connectivity index is 2.19. The van der Waals surface area contributed by atoms with E-state index in [1.54, 1.807) is 0 Å². The number of hydrogen-bond acceptors (Lipinski definition) is 2. The highest BCUT2D eigenvalue weighted by Crippen LogP contribution is 2.46. The van der Waals surface area contributed by atoms with Gasteiger partial charge >= 0.3 is 0 Å². The van der Waals surface area contributed by atoms with Crippen molar-refractivity contribution in [3.8, 4) is 11.5 Å². The van der Waals surface area contributed by atoms with Gasteiger partial charge in [-0.1, -0.05) is 129 Å². The van der Waals surface area contributed by atoms with Gasteiger partial charge < -0.3 is 10.2 Å². The van der Waals surface area contributed by atoms with Crippen LogP contribution in [0.3, 0.4) is 0 Å². The smallest absolute Gasteiger partial charge is 0.123 e. The summed E-state index contributed by atoms with van der Waals surface area (Å²) in [5.74, 6) is 0.767. The van der Waals surface area contributed by atoms with E-state index >= 15 is 0 Å². The Labute approximate surface area is 219 Å². The summed E-state index contributed by atoms with van der Waals surface area (Å²) in [6, 6.07) is 17.1. The van der Waals surface area contributed by atoms with Crippen LogP contribution < -0.4 is 0 Å². The first-order valence-corrected chi connectivity index (χ1v) is 13.1. The summed E-state index contributed by atoms with van der Waals surface area (Å²) in [5.41, 5.74) is 7.27. The molecule has 0 saturated heterocycles. The highest BCUT2D eigenvalue weighted by atomic mass is 16.3. The SMILES string of the molecule is Cc1cc(C(C)(C)C)c(O)c(C(C)(C)c2cccc(C(C)(C)c3cc(C)cc(C(C)(C)C)c3O)c2)c1. The number of phenols is 2.